The summed E-state index contributed by atoms with van der Waals surface area (Å²) in [6.45, 7) is 4.16. The summed E-state index contributed by atoms with van der Waals surface area (Å²) in [6, 6.07) is 13.8. The minimum absolute atomic E-state index is 0.0496. The van der Waals surface area contributed by atoms with Crippen molar-refractivity contribution in [3.63, 3.8) is 0 Å². The Morgan fingerprint density at radius 1 is 1.22 bits per heavy atom. The molecule has 2 aromatic carbocycles. The first-order valence-corrected chi connectivity index (χ1v) is 8.01. The van der Waals surface area contributed by atoms with E-state index < -0.39 is 0 Å². The fourth-order valence-electron chi connectivity index (χ4n) is 2.86. The van der Waals surface area contributed by atoms with E-state index in [-0.39, 0.29) is 5.91 Å². The Kier molecular flexibility index (Phi) is 4.51. The maximum atomic E-state index is 12.6. The third-order valence-electron chi connectivity index (χ3n) is 4.06. The molecule has 0 aromatic heterocycles. The topological polar surface area (TPSA) is 41.6 Å². The highest BCUT2D eigenvalue weighted by Crippen LogP contribution is 2.24. The van der Waals surface area contributed by atoms with E-state index in [1.54, 1.807) is 4.90 Å². The Balaban J connectivity index is 1.67. The zero-order chi connectivity index (χ0) is 16.2. The van der Waals surface area contributed by atoms with E-state index in [9.17, 15) is 4.79 Å². The van der Waals surface area contributed by atoms with Crippen LogP contribution in [0.15, 0.2) is 42.5 Å². The number of carbonyl (C=O) groups excluding carboxylic acids is 1. The molecule has 3 rings (SSSR count). The molecular weight excluding hydrogens is 288 g/mol. The summed E-state index contributed by atoms with van der Waals surface area (Å²) < 4.78 is 5.44. The zero-order valence-electron chi connectivity index (χ0n) is 13.6. The quantitative estimate of drug-likeness (QED) is 0.921. The predicted octanol–water partition coefficient (Wildman–Crippen LogP) is 3.33. The summed E-state index contributed by atoms with van der Waals surface area (Å²) in [5, 5.41) is 3.31. The molecule has 4 heteroatoms. The fourth-order valence-corrected chi connectivity index (χ4v) is 2.86. The monoisotopic (exact) mass is 310 g/mol. The van der Waals surface area contributed by atoms with E-state index in [2.05, 4.69) is 5.32 Å². The lowest BCUT2D eigenvalue weighted by atomic mass is 10.1. The van der Waals surface area contributed by atoms with Crippen LogP contribution in [-0.2, 0) is 13.0 Å². The second-order valence-corrected chi connectivity index (χ2v) is 5.79. The summed E-state index contributed by atoms with van der Waals surface area (Å²) in [6.07, 6.45) is 0.985. The first-order valence-electron chi connectivity index (χ1n) is 8.01. The van der Waals surface area contributed by atoms with Crippen LogP contribution in [0, 0.1) is 0 Å². The van der Waals surface area contributed by atoms with Crippen LogP contribution in [0.3, 0.4) is 0 Å². The standard InChI is InChI=1S/C19H22N2O2/c1-3-23-17-7-4-14(5-8-17)13-21(2)19(22)16-6-9-18-15(12-16)10-11-20-18/h4-9,12,20H,3,10-11,13H2,1-2H3. The van der Waals surface area contributed by atoms with Gasteiger partial charge in [0.15, 0.2) is 0 Å². The van der Waals surface area contributed by atoms with Gasteiger partial charge in [0.2, 0.25) is 0 Å². The Bertz CT molecular complexity index is 695. The Hall–Kier alpha value is -2.49. The van der Waals surface area contributed by atoms with Gasteiger partial charge >= 0.3 is 0 Å². The van der Waals surface area contributed by atoms with Crippen LogP contribution in [-0.4, -0.2) is 31.0 Å². The van der Waals surface area contributed by atoms with E-state index in [1.807, 2.05) is 56.4 Å². The molecule has 0 bridgehead atoms. The molecule has 0 atom stereocenters. The molecule has 120 valence electrons. The van der Waals surface area contributed by atoms with E-state index >= 15 is 0 Å². The Labute approximate surface area is 137 Å². The average molecular weight is 310 g/mol. The van der Waals surface area contributed by atoms with Crippen molar-refractivity contribution in [2.24, 2.45) is 0 Å². The molecule has 1 N–H and O–H groups in total. The molecule has 0 aliphatic carbocycles. The predicted molar refractivity (Wildman–Crippen MR) is 92.0 cm³/mol. The van der Waals surface area contributed by atoms with Crippen molar-refractivity contribution in [2.45, 2.75) is 19.9 Å². The van der Waals surface area contributed by atoms with Gasteiger partial charge in [-0.25, -0.2) is 0 Å². The van der Waals surface area contributed by atoms with E-state index in [1.165, 1.54) is 5.56 Å². The number of hydrogen-bond acceptors (Lipinski definition) is 3. The summed E-state index contributed by atoms with van der Waals surface area (Å²) in [5.41, 5.74) is 4.22. The van der Waals surface area contributed by atoms with Gasteiger partial charge in [0.05, 0.1) is 6.61 Å². The van der Waals surface area contributed by atoms with Crippen molar-refractivity contribution in [2.75, 3.05) is 25.5 Å². The van der Waals surface area contributed by atoms with Crippen molar-refractivity contribution in [1.82, 2.24) is 4.90 Å². The van der Waals surface area contributed by atoms with Gasteiger partial charge in [0.25, 0.3) is 5.91 Å². The Morgan fingerprint density at radius 2 is 2.00 bits per heavy atom. The Morgan fingerprint density at radius 3 is 2.74 bits per heavy atom. The number of ether oxygens (including phenoxy) is 1. The molecule has 0 saturated heterocycles. The van der Waals surface area contributed by atoms with Gasteiger partial charge in [0.1, 0.15) is 5.75 Å². The highest BCUT2D eigenvalue weighted by atomic mass is 16.5. The molecule has 1 amide bonds. The van der Waals surface area contributed by atoms with Gasteiger partial charge in [-0.05, 0) is 54.8 Å². The molecule has 0 spiro atoms. The van der Waals surface area contributed by atoms with E-state index in [4.69, 9.17) is 4.74 Å². The van der Waals surface area contributed by atoms with Gasteiger partial charge < -0.3 is 15.0 Å². The van der Waals surface area contributed by atoms with Crippen LogP contribution >= 0.6 is 0 Å². The lowest BCUT2D eigenvalue weighted by Gasteiger charge is -2.18. The highest BCUT2D eigenvalue weighted by molar-refractivity contribution is 5.94. The van der Waals surface area contributed by atoms with Crippen LogP contribution < -0.4 is 10.1 Å². The first kappa shape index (κ1) is 15.4. The van der Waals surface area contributed by atoms with Gasteiger partial charge in [-0.1, -0.05) is 12.1 Å². The molecule has 0 radical (unpaired) electrons. The summed E-state index contributed by atoms with van der Waals surface area (Å²) in [4.78, 5) is 14.3. The highest BCUT2D eigenvalue weighted by Gasteiger charge is 2.16. The fraction of sp³-hybridized carbons (Fsp3) is 0.316. The SMILES string of the molecule is CCOc1ccc(CN(C)C(=O)c2ccc3c(c2)CCN3)cc1. The van der Waals surface area contributed by atoms with Gasteiger partial charge in [-0.15, -0.1) is 0 Å². The van der Waals surface area contributed by atoms with Crippen molar-refractivity contribution in [3.05, 3.63) is 59.2 Å². The lowest BCUT2D eigenvalue weighted by Crippen LogP contribution is -2.26. The largest absolute Gasteiger partial charge is 0.494 e. The number of nitrogens with zero attached hydrogens (tertiary/aromatic N) is 1. The third-order valence-corrected chi connectivity index (χ3v) is 4.06. The van der Waals surface area contributed by atoms with Crippen LogP contribution in [0.2, 0.25) is 0 Å². The van der Waals surface area contributed by atoms with Gasteiger partial charge in [-0.3, -0.25) is 4.79 Å². The summed E-state index contributed by atoms with van der Waals surface area (Å²) in [7, 11) is 1.84. The van der Waals surface area contributed by atoms with Crippen molar-refractivity contribution < 1.29 is 9.53 Å². The first-order chi connectivity index (χ1) is 11.2. The minimum atomic E-state index is 0.0496. The van der Waals surface area contributed by atoms with Crippen molar-refractivity contribution in [1.29, 1.82) is 0 Å². The van der Waals surface area contributed by atoms with E-state index in [0.717, 1.165) is 35.5 Å². The molecule has 1 aliphatic rings. The van der Waals surface area contributed by atoms with Crippen LogP contribution in [0.5, 0.6) is 5.75 Å². The molecule has 4 nitrogen and oxygen atoms in total. The molecule has 0 unspecified atom stereocenters. The van der Waals surface area contributed by atoms with Gasteiger partial charge in [0, 0.05) is 31.4 Å². The number of carbonyl (C=O) groups is 1. The number of benzene rings is 2. The number of anilines is 1. The number of rotatable bonds is 5. The number of fused-ring (bicyclic) bond motifs is 1. The second-order valence-electron chi connectivity index (χ2n) is 5.79. The number of nitrogens with one attached hydrogen (secondary N) is 1. The molecule has 0 saturated carbocycles. The molecule has 1 heterocycles. The molecule has 1 aliphatic heterocycles. The maximum Gasteiger partial charge on any atom is 0.253 e. The summed E-state index contributed by atoms with van der Waals surface area (Å²) in [5.74, 6) is 0.907. The lowest BCUT2D eigenvalue weighted by molar-refractivity contribution is 0.0785. The summed E-state index contributed by atoms with van der Waals surface area (Å²) >= 11 is 0. The molecule has 23 heavy (non-hydrogen) atoms. The van der Waals surface area contributed by atoms with Crippen LogP contribution in [0.4, 0.5) is 5.69 Å². The molecular formula is C19H22N2O2. The normalized spacial score (nSPS) is 12.4. The number of amides is 1. The third kappa shape index (κ3) is 3.47. The minimum Gasteiger partial charge on any atom is -0.494 e. The van der Waals surface area contributed by atoms with Crippen LogP contribution in [0.25, 0.3) is 0 Å². The smallest absolute Gasteiger partial charge is 0.253 e. The van der Waals surface area contributed by atoms with E-state index in [0.29, 0.717) is 13.2 Å². The van der Waals surface area contributed by atoms with Gasteiger partial charge in [-0.2, -0.15) is 0 Å². The maximum absolute atomic E-state index is 12.6. The molecule has 2 aromatic rings. The van der Waals surface area contributed by atoms with Crippen LogP contribution in [0.1, 0.15) is 28.4 Å². The zero-order valence-corrected chi connectivity index (χ0v) is 13.6. The molecule has 0 fully saturated rings. The second kappa shape index (κ2) is 6.73. The van der Waals surface area contributed by atoms with Crippen molar-refractivity contribution in [3.8, 4) is 5.75 Å². The average Bonchev–Trinajstić information content (AvgIpc) is 3.03. The van der Waals surface area contributed by atoms with Crippen molar-refractivity contribution >= 4 is 11.6 Å². The number of hydrogen-bond donors (Lipinski definition) is 1.